The van der Waals surface area contributed by atoms with Gasteiger partial charge in [0.05, 0.1) is 19.3 Å². The fraction of sp³-hybridized carbons (Fsp3) is 0.577. The molecule has 226 valence electrons. The van der Waals surface area contributed by atoms with Gasteiger partial charge in [0.15, 0.2) is 6.23 Å². The lowest BCUT2D eigenvalue weighted by Gasteiger charge is -2.30. The molecule has 1 aliphatic carbocycles. The first-order valence-corrected chi connectivity index (χ1v) is 15.0. The van der Waals surface area contributed by atoms with Crippen LogP contribution in [0.3, 0.4) is 0 Å². The van der Waals surface area contributed by atoms with Gasteiger partial charge in [-0.1, -0.05) is 30.7 Å². The highest BCUT2D eigenvalue weighted by atomic mass is 35.5. The SMILES string of the molecule is CC(C)OCC(C)(C=O)NP(=O)(OC[C@H]1O[C@H](n2ccc(=O)[nH]c2=O)[C@@](F)(Cl)[C@@H]1O)Oc1ccc(C2(C)CC2)cc1. The number of aldehydes is 1. The van der Waals surface area contributed by atoms with Gasteiger partial charge < -0.3 is 23.9 Å². The van der Waals surface area contributed by atoms with Gasteiger partial charge in [-0.2, -0.15) is 5.09 Å². The molecule has 12 nitrogen and oxygen atoms in total. The second kappa shape index (κ2) is 11.7. The van der Waals surface area contributed by atoms with E-state index in [0.29, 0.717) is 10.9 Å². The summed E-state index contributed by atoms with van der Waals surface area (Å²) in [4.78, 5) is 37.6. The lowest BCUT2D eigenvalue weighted by molar-refractivity contribution is -0.115. The van der Waals surface area contributed by atoms with Gasteiger partial charge in [0.25, 0.3) is 10.7 Å². The molecule has 6 atom stereocenters. The van der Waals surface area contributed by atoms with E-state index in [2.05, 4.69) is 12.0 Å². The number of nitrogens with zero attached hydrogens (tertiary/aromatic N) is 1. The summed E-state index contributed by atoms with van der Waals surface area (Å²) in [7, 11) is -4.44. The van der Waals surface area contributed by atoms with Gasteiger partial charge in [-0.25, -0.2) is 13.8 Å². The van der Waals surface area contributed by atoms with Crippen LogP contribution in [0.5, 0.6) is 5.75 Å². The number of carbonyl (C=O) groups is 1. The van der Waals surface area contributed by atoms with Crippen molar-refractivity contribution in [2.45, 2.75) is 81.2 Å². The summed E-state index contributed by atoms with van der Waals surface area (Å²) < 4.78 is 52.5. The van der Waals surface area contributed by atoms with Crippen LogP contribution in [-0.4, -0.2) is 63.1 Å². The molecule has 1 saturated heterocycles. The summed E-state index contributed by atoms with van der Waals surface area (Å²) in [5.74, 6) is 0.162. The highest BCUT2D eigenvalue weighted by Gasteiger charge is 2.58. The quantitative estimate of drug-likeness (QED) is 0.173. The molecule has 2 aliphatic rings. The molecule has 4 rings (SSSR count). The molecular formula is C26H34ClFN3O9P. The van der Waals surface area contributed by atoms with E-state index in [1.807, 2.05) is 17.1 Å². The predicted molar refractivity (Wildman–Crippen MR) is 147 cm³/mol. The van der Waals surface area contributed by atoms with E-state index in [-0.39, 0.29) is 23.9 Å². The van der Waals surface area contributed by atoms with E-state index in [1.54, 1.807) is 26.0 Å². The Bertz CT molecular complexity index is 1410. The largest absolute Gasteiger partial charge is 0.459 e. The molecule has 2 aromatic rings. The van der Waals surface area contributed by atoms with Crippen LogP contribution >= 0.6 is 19.3 Å². The molecule has 2 fully saturated rings. The first-order valence-electron chi connectivity index (χ1n) is 13.0. The molecule has 15 heteroatoms. The number of carbonyl (C=O) groups excluding carboxylic acids is 1. The van der Waals surface area contributed by atoms with Crippen molar-refractivity contribution >= 4 is 25.6 Å². The van der Waals surface area contributed by atoms with Crippen LogP contribution in [0, 0.1) is 0 Å². The fourth-order valence-electron chi connectivity index (χ4n) is 4.25. The van der Waals surface area contributed by atoms with E-state index in [4.69, 9.17) is 30.1 Å². The second-order valence-corrected chi connectivity index (χ2v) is 13.4. The number of nitrogens with one attached hydrogen (secondary N) is 2. The van der Waals surface area contributed by atoms with Crippen LogP contribution in [0.4, 0.5) is 4.39 Å². The maximum absolute atomic E-state index is 15.4. The van der Waals surface area contributed by atoms with Crippen molar-refractivity contribution in [1.82, 2.24) is 14.6 Å². The molecule has 0 amide bonds. The fourth-order valence-corrected chi connectivity index (χ4v) is 6.19. The number of ether oxygens (including phenoxy) is 2. The minimum Gasteiger partial charge on any atom is -0.413 e. The lowest BCUT2D eigenvalue weighted by atomic mass is 9.99. The first kappa shape index (κ1) is 31.6. The van der Waals surface area contributed by atoms with Crippen molar-refractivity contribution in [2.75, 3.05) is 13.2 Å². The predicted octanol–water partition coefficient (Wildman–Crippen LogP) is 2.93. The Kier molecular flexibility index (Phi) is 9.02. The Hall–Kier alpha value is -2.38. The van der Waals surface area contributed by atoms with Crippen LogP contribution in [0.25, 0.3) is 0 Å². The average molecular weight is 618 g/mol. The molecule has 1 aromatic heterocycles. The van der Waals surface area contributed by atoms with Crippen molar-refractivity contribution in [3.8, 4) is 5.75 Å². The van der Waals surface area contributed by atoms with E-state index in [0.717, 1.165) is 30.7 Å². The zero-order chi connectivity index (χ0) is 30.2. The normalized spacial score (nSPS) is 28.1. The van der Waals surface area contributed by atoms with Crippen LogP contribution in [0.1, 0.15) is 52.3 Å². The van der Waals surface area contributed by atoms with Crippen molar-refractivity contribution in [3.05, 3.63) is 62.9 Å². The van der Waals surface area contributed by atoms with Gasteiger partial charge in [0.2, 0.25) is 0 Å². The first-order chi connectivity index (χ1) is 19.1. The standard InChI is InChI=1S/C26H34ClFN3O9P/c1-16(2)37-15-25(4,14-32)30-41(36,40-18-7-5-17(6-8-18)24(3)10-11-24)38-13-19-21(34)26(27,28)22(39-19)31-12-9-20(33)29-23(31)35/h5-9,12,14,16,19,21-22,34H,10-11,13,15H2,1-4H3,(H,30,36)(H,29,33,35)/t19-,21-,22+,25?,26-,41?/m1/s1. The van der Waals surface area contributed by atoms with Crippen molar-refractivity contribution in [3.63, 3.8) is 0 Å². The third-order valence-corrected chi connectivity index (χ3v) is 9.17. The zero-order valence-corrected chi connectivity index (χ0v) is 24.7. The Labute approximate surface area is 240 Å². The van der Waals surface area contributed by atoms with Gasteiger partial charge in [0.1, 0.15) is 29.8 Å². The van der Waals surface area contributed by atoms with Crippen molar-refractivity contribution < 1.29 is 37.4 Å². The van der Waals surface area contributed by atoms with Crippen molar-refractivity contribution in [1.29, 1.82) is 0 Å². The number of aromatic amines is 1. The maximum Gasteiger partial charge on any atom is 0.459 e. The molecule has 0 radical (unpaired) electrons. The Balaban J connectivity index is 1.56. The Morgan fingerprint density at radius 3 is 2.54 bits per heavy atom. The Morgan fingerprint density at radius 2 is 1.98 bits per heavy atom. The number of aliphatic hydroxyl groups is 1. The number of hydrogen-bond acceptors (Lipinski definition) is 9. The monoisotopic (exact) mass is 617 g/mol. The summed E-state index contributed by atoms with van der Waals surface area (Å²) in [5.41, 5.74) is -2.11. The number of rotatable bonds is 13. The molecule has 1 aromatic carbocycles. The van der Waals surface area contributed by atoms with Gasteiger partial charge in [-0.15, -0.1) is 0 Å². The lowest BCUT2D eigenvalue weighted by Crippen LogP contribution is -2.48. The number of halogens is 2. The number of aliphatic hydroxyl groups excluding tert-OH is 1. The van der Waals surface area contributed by atoms with Gasteiger partial charge in [-0.05, 0) is 56.7 Å². The topological polar surface area (TPSA) is 158 Å². The molecule has 0 spiro atoms. The minimum absolute atomic E-state index is 0.0852. The average Bonchev–Trinajstić information content (AvgIpc) is 3.61. The van der Waals surface area contributed by atoms with Gasteiger partial charge >= 0.3 is 13.4 Å². The highest BCUT2D eigenvalue weighted by Crippen LogP contribution is 2.51. The van der Waals surface area contributed by atoms with Crippen LogP contribution < -0.4 is 20.9 Å². The van der Waals surface area contributed by atoms with E-state index in [9.17, 15) is 24.1 Å². The summed E-state index contributed by atoms with van der Waals surface area (Å²) in [6, 6.07) is 7.87. The van der Waals surface area contributed by atoms with Crippen LogP contribution in [-0.2, 0) is 28.8 Å². The minimum atomic E-state index is -4.44. The smallest absolute Gasteiger partial charge is 0.413 e. The van der Waals surface area contributed by atoms with E-state index in [1.165, 1.54) is 6.92 Å². The van der Waals surface area contributed by atoms with Gasteiger partial charge in [0, 0.05) is 12.3 Å². The summed E-state index contributed by atoms with van der Waals surface area (Å²) in [5, 5.41) is 10.2. The third-order valence-electron chi connectivity index (χ3n) is 7.04. The summed E-state index contributed by atoms with van der Waals surface area (Å²) in [6.45, 7) is 6.18. The number of hydrogen-bond donors (Lipinski definition) is 3. The number of aromatic nitrogens is 2. The number of alkyl halides is 2. The van der Waals surface area contributed by atoms with Crippen LogP contribution in [0.15, 0.2) is 46.1 Å². The second-order valence-electron chi connectivity index (χ2n) is 11.1. The molecule has 1 aliphatic heterocycles. The maximum atomic E-state index is 15.4. The summed E-state index contributed by atoms with van der Waals surface area (Å²) >= 11 is 5.93. The highest BCUT2D eigenvalue weighted by molar-refractivity contribution is 7.52. The number of H-pyrrole nitrogens is 1. The van der Waals surface area contributed by atoms with Crippen LogP contribution in [0.2, 0.25) is 0 Å². The van der Waals surface area contributed by atoms with E-state index >= 15 is 4.39 Å². The Morgan fingerprint density at radius 1 is 1.32 bits per heavy atom. The van der Waals surface area contributed by atoms with Gasteiger partial charge in [-0.3, -0.25) is 18.9 Å². The number of benzene rings is 1. The third kappa shape index (κ3) is 7.16. The molecule has 2 heterocycles. The molecular weight excluding hydrogens is 584 g/mol. The van der Waals surface area contributed by atoms with E-state index < -0.39 is 54.7 Å². The molecule has 41 heavy (non-hydrogen) atoms. The zero-order valence-electron chi connectivity index (χ0n) is 23.0. The molecule has 0 bridgehead atoms. The molecule has 2 unspecified atom stereocenters. The molecule has 1 saturated carbocycles. The van der Waals surface area contributed by atoms with Crippen molar-refractivity contribution in [2.24, 2.45) is 0 Å². The molecule has 3 N–H and O–H groups in total. The summed E-state index contributed by atoms with van der Waals surface area (Å²) in [6.07, 6.45) is -2.13.